The summed E-state index contributed by atoms with van der Waals surface area (Å²) in [4.78, 5) is 0. The summed E-state index contributed by atoms with van der Waals surface area (Å²) in [6.07, 6.45) is 7.65. The summed E-state index contributed by atoms with van der Waals surface area (Å²) in [5.74, 6) is 1.42. The maximum absolute atomic E-state index is 2.50. The summed E-state index contributed by atoms with van der Waals surface area (Å²) in [6.45, 7) is 9.43. The molecule has 0 bridgehead atoms. The number of benzene rings is 1. The predicted molar refractivity (Wildman–Crippen MR) is 82.7 cm³/mol. The molecule has 0 N–H and O–H groups in total. The van der Waals surface area contributed by atoms with Crippen molar-refractivity contribution in [1.29, 1.82) is 0 Å². The Morgan fingerprint density at radius 3 is 2.79 bits per heavy atom. The van der Waals surface area contributed by atoms with Crippen molar-refractivity contribution < 1.29 is 0 Å². The summed E-state index contributed by atoms with van der Waals surface area (Å²) in [7, 11) is 0. The summed E-state index contributed by atoms with van der Waals surface area (Å²) < 4.78 is 0. The van der Waals surface area contributed by atoms with E-state index < -0.39 is 0 Å². The Morgan fingerprint density at radius 2 is 2.05 bits per heavy atom. The highest BCUT2D eigenvalue weighted by Crippen LogP contribution is 2.50. The molecule has 2 atom stereocenters. The van der Waals surface area contributed by atoms with Crippen LogP contribution in [0, 0.1) is 5.92 Å². The van der Waals surface area contributed by atoms with E-state index in [0.29, 0.717) is 11.3 Å². The van der Waals surface area contributed by atoms with Gasteiger partial charge in [-0.1, -0.05) is 50.6 Å². The number of hydrogen-bond acceptors (Lipinski definition) is 0. The van der Waals surface area contributed by atoms with Gasteiger partial charge >= 0.3 is 0 Å². The molecule has 102 valence electrons. The second kappa shape index (κ2) is 4.51. The van der Waals surface area contributed by atoms with Crippen LogP contribution in [0.15, 0.2) is 29.8 Å². The number of rotatable bonds is 1. The quantitative estimate of drug-likeness (QED) is 0.591. The number of aryl methyl sites for hydroxylation is 1. The van der Waals surface area contributed by atoms with Crippen LogP contribution < -0.4 is 0 Å². The number of hydrogen-bond donors (Lipinski definition) is 0. The van der Waals surface area contributed by atoms with Gasteiger partial charge in [0.15, 0.2) is 0 Å². The Hall–Kier alpha value is -1.04. The SMILES string of the molecule is CC1=CCC[C@]2(C)c3ccc(C(C)C)cc3CC[C@@H]12. The number of fused-ring (bicyclic) bond motifs is 3. The zero-order valence-corrected chi connectivity index (χ0v) is 12.8. The van der Waals surface area contributed by atoms with E-state index >= 15 is 0 Å². The third-order valence-electron chi connectivity index (χ3n) is 5.56. The lowest BCUT2D eigenvalue weighted by Gasteiger charge is -2.46. The van der Waals surface area contributed by atoms with E-state index in [0.717, 1.165) is 5.92 Å². The van der Waals surface area contributed by atoms with E-state index in [9.17, 15) is 0 Å². The van der Waals surface area contributed by atoms with E-state index in [4.69, 9.17) is 0 Å². The van der Waals surface area contributed by atoms with Crippen molar-refractivity contribution in [3.63, 3.8) is 0 Å². The lowest BCUT2D eigenvalue weighted by Crippen LogP contribution is -2.39. The van der Waals surface area contributed by atoms with Crippen LogP contribution in [0.25, 0.3) is 0 Å². The molecule has 0 radical (unpaired) electrons. The third-order valence-corrected chi connectivity index (χ3v) is 5.56. The number of allylic oxidation sites excluding steroid dienone is 2. The molecule has 1 aromatic carbocycles. The minimum Gasteiger partial charge on any atom is -0.0853 e. The Balaban J connectivity index is 2.07. The smallest absolute Gasteiger partial charge is 0.000422 e. The van der Waals surface area contributed by atoms with Crippen LogP contribution in [-0.2, 0) is 11.8 Å². The molecule has 0 fully saturated rings. The molecule has 19 heavy (non-hydrogen) atoms. The van der Waals surface area contributed by atoms with Gasteiger partial charge in [0.2, 0.25) is 0 Å². The van der Waals surface area contributed by atoms with Gasteiger partial charge in [-0.2, -0.15) is 0 Å². The molecule has 2 aliphatic carbocycles. The molecule has 0 saturated carbocycles. The van der Waals surface area contributed by atoms with Crippen molar-refractivity contribution in [2.45, 2.75) is 64.7 Å². The maximum Gasteiger partial charge on any atom is -0.000422 e. The first-order chi connectivity index (χ1) is 9.02. The summed E-state index contributed by atoms with van der Waals surface area (Å²) in [5, 5.41) is 0. The summed E-state index contributed by atoms with van der Waals surface area (Å²) in [6, 6.07) is 7.29. The Kier molecular flexibility index (Phi) is 3.08. The van der Waals surface area contributed by atoms with Crippen LogP contribution >= 0.6 is 0 Å². The fraction of sp³-hybridized carbons (Fsp3) is 0.579. The molecule has 0 aliphatic heterocycles. The van der Waals surface area contributed by atoms with Crippen molar-refractivity contribution >= 4 is 0 Å². The van der Waals surface area contributed by atoms with Crippen LogP contribution in [0.1, 0.15) is 69.6 Å². The van der Waals surface area contributed by atoms with Gasteiger partial charge in [0, 0.05) is 0 Å². The van der Waals surface area contributed by atoms with E-state index in [2.05, 4.69) is 52.0 Å². The minimum absolute atomic E-state index is 0.391. The lowest BCUT2D eigenvalue weighted by molar-refractivity contribution is 0.262. The third kappa shape index (κ3) is 1.96. The predicted octanol–water partition coefficient (Wildman–Crippen LogP) is 5.37. The first kappa shape index (κ1) is 13.0. The minimum atomic E-state index is 0.391. The molecule has 0 saturated heterocycles. The Morgan fingerprint density at radius 1 is 1.26 bits per heavy atom. The molecule has 0 spiro atoms. The second-order valence-corrected chi connectivity index (χ2v) is 7.07. The highest BCUT2D eigenvalue weighted by atomic mass is 14.5. The monoisotopic (exact) mass is 254 g/mol. The topological polar surface area (TPSA) is 0 Å². The van der Waals surface area contributed by atoms with E-state index in [1.54, 1.807) is 16.7 Å². The average molecular weight is 254 g/mol. The first-order valence-corrected chi connectivity index (χ1v) is 7.82. The van der Waals surface area contributed by atoms with Crippen molar-refractivity contribution in [1.82, 2.24) is 0 Å². The van der Waals surface area contributed by atoms with Crippen molar-refractivity contribution in [3.05, 3.63) is 46.5 Å². The average Bonchev–Trinajstić information content (AvgIpc) is 2.38. The largest absolute Gasteiger partial charge is 0.0853 e. The van der Waals surface area contributed by atoms with E-state index in [-0.39, 0.29) is 0 Å². The van der Waals surface area contributed by atoms with Crippen LogP contribution in [0.4, 0.5) is 0 Å². The van der Waals surface area contributed by atoms with Crippen LogP contribution in [0.3, 0.4) is 0 Å². The van der Waals surface area contributed by atoms with E-state index in [1.165, 1.54) is 31.2 Å². The molecule has 2 aliphatic rings. The van der Waals surface area contributed by atoms with Gasteiger partial charge in [0.25, 0.3) is 0 Å². The van der Waals surface area contributed by atoms with Crippen molar-refractivity contribution in [3.8, 4) is 0 Å². The summed E-state index contributed by atoms with van der Waals surface area (Å²) in [5.41, 5.74) is 6.79. The molecule has 0 amide bonds. The fourth-order valence-electron chi connectivity index (χ4n) is 4.32. The molecule has 0 unspecified atom stereocenters. The Bertz CT molecular complexity index is 521. The molecule has 1 aromatic rings. The highest BCUT2D eigenvalue weighted by molar-refractivity contribution is 5.43. The van der Waals surface area contributed by atoms with Gasteiger partial charge in [-0.15, -0.1) is 0 Å². The van der Waals surface area contributed by atoms with Gasteiger partial charge in [-0.05, 0) is 66.5 Å². The van der Waals surface area contributed by atoms with Gasteiger partial charge in [-0.25, -0.2) is 0 Å². The first-order valence-electron chi connectivity index (χ1n) is 7.82. The Labute approximate surface area is 117 Å². The molecular formula is C19H26. The normalized spacial score (nSPS) is 29.7. The van der Waals surface area contributed by atoms with Gasteiger partial charge in [0.1, 0.15) is 0 Å². The zero-order chi connectivity index (χ0) is 13.6. The van der Waals surface area contributed by atoms with E-state index in [1.807, 2.05) is 0 Å². The second-order valence-electron chi connectivity index (χ2n) is 7.07. The van der Waals surface area contributed by atoms with Gasteiger partial charge < -0.3 is 0 Å². The fourth-order valence-corrected chi connectivity index (χ4v) is 4.32. The molecule has 0 aromatic heterocycles. The molecule has 0 heteroatoms. The molecule has 3 rings (SSSR count). The standard InChI is InChI=1S/C19H26/c1-13(2)15-7-10-18-16(12-15)8-9-17-14(3)6-5-11-19(17,18)4/h6-7,10,12-13,17H,5,8-9,11H2,1-4H3/t17-,19-/m0/s1. The lowest BCUT2D eigenvalue weighted by atomic mass is 9.58. The molecule has 0 nitrogen and oxygen atoms in total. The van der Waals surface area contributed by atoms with Gasteiger partial charge in [-0.3, -0.25) is 0 Å². The van der Waals surface area contributed by atoms with Crippen LogP contribution in [0.5, 0.6) is 0 Å². The highest BCUT2D eigenvalue weighted by Gasteiger charge is 2.42. The maximum atomic E-state index is 2.50. The molecule has 0 heterocycles. The van der Waals surface area contributed by atoms with Crippen LogP contribution in [0.2, 0.25) is 0 Å². The van der Waals surface area contributed by atoms with Crippen molar-refractivity contribution in [2.75, 3.05) is 0 Å². The summed E-state index contributed by atoms with van der Waals surface area (Å²) >= 11 is 0. The van der Waals surface area contributed by atoms with Crippen LogP contribution in [-0.4, -0.2) is 0 Å². The van der Waals surface area contributed by atoms with Gasteiger partial charge in [0.05, 0.1) is 0 Å². The molecular weight excluding hydrogens is 228 g/mol. The zero-order valence-electron chi connectivity index (χ0n) is 12.8. The van der Waals surface area contributed by atoms with Crippen molar-refractivity contribution in [2.24, 2.45) is 5.92 Å².